The number of nitrogens with zero attached hydrogens (tertiary/aromatic N) is 1. The van der Waals surface area contributed by atoms with Gasteiger partial charge in [-0.25, -0.2) is 4.39 Å². The summed E-state index contributed by atoms with van der Waals surface area (Å²) in [6, 6.07) is 18.3. The van der Waals surface area contributed by atoms with Crippen molar-refractivity contribution in [1.82, 2.24) is 0 Å². The first-order valence-electron chi connectivity index (χ1n) is 6.63. The molecule has 21 heavy (non-hydrogen) atoms. The summed E-state index contributed by atoms with van der Waals surface area (Å²) in [5.41, 5.74) is 3.04. The summed E-state index contributed by atoms with van der Waals surface area (Å²) in [6.45, 7) is 1.85. The van der Waals surface area contributed by atoms with E-state index in [0.717, 1.165) is 22.0 Å². The van der Waals surface area contributed by atoms with Gasteiger partial charge in [0, 0.05) is 22.1 Å². The summed E-state index contributed by atoms with van der Waals surface area (Å²) in [7, 11) is 0. The molecule has 3 rings (SSSR count). The van der Waals surface area contributed by atoms with Crippen LogP contribution < -0.4 is 5.32 Å². The third-order valence-corrected chi connectivity index (χ3v) is 3.37. The topological polar surface area (TPSA) is 35.8 Å². The number of halogens is 1. The van der Waals surface area contributed by atoms with E-state index in [1.54, 1.807) is 6.07 Å². The van der Waals surface area contributed by atoms with Gasteiger partial charge >= 0.3 is 0 Å². The first-order valence-corrected chi connectivity index (χ1v) is 6.63. The Labute approximate surface area is 122 Å². The molecule has 0 aliphatic carbocycles. The Bertz CT molecular complexity index is 842. The Hall–Kier alpha value is -2.86. The highest BCUT2D eigenvalue weighted by Gasteiger charge is 2.06. The molecule has 0 heterocycles. The maximum absolute atomic E-state index is 13.5. The number of fused-ring (bicyclic) bond motifs is 1. The summed E-state index contributed by atoms with van der Waals surface area (Å²) in [6.07, 6.45) is 0. The quantitative estimate of drug-likeness (QED) is 0.722. The van der Waals surface area contributed by atoms with Crippen LogP contribution in [-0.2, 0) is 0 Å². The standard InChI is InChI=1S/C18H13FN2/c1-12-8-14(19)10-15(9-12)21-18-7-6-13(11-20)16-4-2-3-5-17(16)18/h2-10,21H,1H3. The zero-order valence-corrected chi connectivity index (χ0v) is 11.5. The molecule has 0 atom stereocenters. The summed E-state index contributed by atoms with van der Waals surface area (Å²) in [5, 5.41) is 14.2. The van der Waals surface area contributed by atoms with Gasteiger partial charge in [0.05, 0.1) is 11.6 Å². The van der Waals surface area contributed by atoms with Crippen LogP contribution in [0, 0.1) is 24.1 Å². The predicted octanol–water partition coefficient (Wildman–Crippen LogP) is 4.90. The second-order valence-corrected chi connectivity index (χ2v) is 4.96. The first kappa shape index (κ1) is 13.1. The average Bonchev–Trinajstić information content (AvgIpc) is 2.46. The van der Waals surface area contributed by atoms with Crippen molar-refractivity contribution >= 4 is 22.1 Å². The maximum Gasteiger partial charge on any atom is 0.125 e. The fourth-order valence-electron chi connectivity index (χ4n) is 2.47. The average molecular weight is 276 g/mol. The van der Waals surface area contributed by atoms with E-state index in [1.807, 2.05) is 43.3 Å². The van der Waals surface area contributed by atoms with E-state index in [2.05, 4.69) is 11.4 Å². The Kier molecular flexibility index (Phi) is 3.29. The van der Waals surface area contributed by atoms with E-state index in [-0.39, 0.29) is 5.82 Å². The third-order valence-electron chi connectivity index (χ3n) is 3.37. The molecule has 0 fully saturated rings. The first-order chi connectivity index (χ1) is 10.2. The van der Waals surface area contributed by atoms with Gasteiger partial charge in [-0.15, -0.1) is 0 Å². The number of benzene rings is 3. The zero-order valence-electron chi connectivity index (χ0n) is 11.5. The summed E-state index contributed by atoms with van der Waals surface area (Å²) < 4.78 is 13.5. The Morgan fingerprint density at radius 1 is 1.00 bits per heavy atom. The molecular weight excluding hydrogens is 263 g/mol. The Morgan fingerprint density at radius 3 is 2.48 bits per heavy atom. The molecule has 3 aromatic rings. The highest BCUT2D eigenvalue weighted by atomic mass is 19.1. The van der Waals surface area contributed by atoms with Crippen LogP contribution in [0.15, 0.2) is 54.6 Å². The minimum absolute atomic E-state index is 0.268. The molecule has 2 nitrogen and oxygen atoms in total. The second-order valence-electron chi connectivity index (χ2n) is 4.96. The van der Waals surface area contributed by atoms with Crippen molar-refractivity contribution in [2.75, 3.05) is 5.32 Å². The lowest BCUT2D eigenvalue weighted by Gasteiger charge is -2.11. The van der Waals surface area contributed by atoms with E-state index in [9.17, 15) is 4.39 Å². The van der Waals surface area contributed by atoms with E-state index >= 15 is 0 Å². The van der Waals surface area contributed by atoms with Gasteiger partial charge in [0.25, 0.3) is 0 Å². The van der Waals surface area contributed by atoms with Crippen LogP contribution >= 0.6 is 0 Å². The molecule has 0 spiro atoms. The fraction of sp³-hybridized carbons (Fsp3) is 0.0556. The highest BCUT2D eigenvalue weighted by molar-refractivity contribution is 5.98. The SMILES string of the molecule is Cc1cc(F)cc(Nc2ccc(C#N)c3ccccc23)c1. The number of anilines is 2. The van der Waals surface area contributed by atoms with Crippen molar-refractivity contribution in [3.05, 3.63) is 71.5 Å². The van der Waals surface area contributed by atoms with Crippen LogP contribution in [-0.4, -0.2) is 0 Å². The maximum atomic E-state index is 13.5. The van der Waals surface area contributed by atoms with Gasteiger partial charge < -0.3 is 5.32 Å². The van der Waals surface area contributed by atoms with Crippen molar-refractivity contribution in [3.63, 3.8) is 0 Å². The number of nitriles is 1. The molecule has 0 saturated carbocycles. The number of aryl methyl sites for hydroxylation is 1. The summed E-state index contributed by atoms with van der Waals surface area (Å²) in [4.78, 5) is 0. The third kappa shape index (κ3) is 2.56. The number of nitrogens with one attached hydrogen (secondary N) is 1. The normalized spacial score (nSPS) is 10.3. The largest absolute Gasteiger partial charge is 0.355 e. The molecule has 0 radical (unpaired) electrons. The lowest BCUT2D eigenvalue weighted by atomic mass is 10.0. The molecule has 0 unspecified atom stereocenters. The molecule has 0 bridgehead atoms. The molecule has 0 saturated heterocycles. The molecule has 1 N–H and O–H groups in total. The van der Waals surface area contributed by atoms with Gasteiger partial charge in [-0.3, -0.25) is 0 Å². The summed E-state index contributed by atoms with van der Waals surface area (Å²) >= 11 is 0. The number of hydrogen-bond donors (Lipinski definition) is 1. The molecule has 3 aromatic carbocycles. The zero-order chi connectivity index (χ0) is 14.8. The number of rotatable bonds is 2. The minimum Gasteiger partial charge on any atom is -0.355 e. The molecule has 3 heteroatoms. The predicted molar refractivity (Wildman–Crippen MR) is 83.1 cm³/mol. The van der Waals surface area contributed by atoms with Gasteiger partial charge in [-0.1, -0.05) is 24.3 Å². The molecular formula is C18H13FN2. The smallest absolute Gasteiger partial charge is 0.125 e. The van der Waals surface area contributed by atoms with Crippen molar-refractivity contribution in [2.24, 2.45) is 0 Å². The van der Waals surface area contributed by atoms with Gasteiger partial charge in [-0.2, -0.15) is 5.26 Å². The van der Waals surface area contributed by atoms with Crippen molar-refractivity contribution in [3.8, 4) is 6.07 Å². The van der Waals surface area contributed by atoms with E-state index in [4.69, 9.17) is 5.26 Å². The van der Waals surface area contributed by atoms with E-state index < -0.39 is 0 Å². The fourth-order valence-corrected chi connectivity index (χ4v) is 2.47. The molecule has 102 valence electrons. The van der Waals surface area contributed by atoms with Crippen LogP contribution in [0.25, 0.3) is 10.8 Å². The molecule has 0 aliphatic rings. The lowest BCUT2D eigenvalue weighted by molar-refractivity contribution is 0.627. The molecule has 0 amide bonds. The van der Waals surface area contributed by atoms with Crippen LogP contribution in [0.5, 0.6) is 0 Å². The van der Waals surface area contributed by atoms with Crippen LogP contribution in [0.2, 0.25) is 0 Å². The molecule has 0 aliphatic heterocycles. The number of hydrogen-bond acceptors (Lipinski definition) is 2. The van der Waals surface area contributed by atoms with Gasteiger partial charge in [0.1, 0.15) is 5.82 Å². The van der Waals surface area contributed by atoms with Gasteiger partial charge in [0.2, 0.25) is 0 Å². The van der Waals surface area contributed by atoms with Crippen LogP contribution in [0.3, 0.4) is 0 Å². The van der Waals surface area contributed by atoms with Gasteiger partial charge in [0.15, 0.2) is 0 Å². The second kappa shape index (κ2) is 5.26. The van der Waals surface area contributed by atoms with E-state index in [1.165, 1.54) is 12.1 Å². The van der Waals surface area contributed by atoms with E-state index in [0.29, 0.717) is 11.3 Å². The minimum atomic E-state index is -0.268. The van der Waals surface area contributed by atoms with Crippen LogP contribution in [0.4, 0.5) is 15.8 Å². The highest BCUT2D eigenvalue weighted by Crippen LogP contribution is 2.29. The van der Waals surface area contributed by atoms with Gasteiger partial charge in [-0.05, 0) is 42.8 Å². The molecule has 0 aromatic heterocycles. The Morgan fingerprint density at radius 2 is 1.76 bits per heavy atom. The van der Waals surface area contributed by atoms with Crippen molar-refractivity contribution in [2.45, 2.75) is 6.92 Å². The van der Waals surface area contributed by atoms with Crippen molar-refractivity contribution in [1.29, 1.82) is 5.26 Å². The lowest BCUT2D eigenvalue weighted by Crippen LogP contribution is -1.94. The van der Waals surface area contributed by atoms with Crippen molar-refractivity contribution < 1.29 is 4.39 Å². The monoisotopic (exact) mass is 276 g/mol. The van der Waals surface area contributed by atoms with Crippen LogP contribution in [0.1, 0.15) is 11.1 Å². The summed E-state index contributed by atoms with van der Waals surface area (Å²) in [5.74, 6) is -0.268. The Balaban J connectivity index is 2.11.